The normalized spacial score (nSPS) is 11.0. The number of benzene rings is 3. The molecule has 5 aromatic rings. The molecule has 0 aliphatic carbocycles. The van der Waals surface area contributed by atoms with Crippen LogP contribution in [0.1, 0.15) is 17.0 Å². The first-order valence-corrected chi connectivity index (χ1v) is 10.8. The van der Waals surface area contributed by atoms with E-state index in [-0.39, 0.29) is 5.91 Å². The summed E-state index contributed by atoms with van der Waals surface area (Å²) < 4.78 is 7.20. The number of rotatable bonds is 6. The summed E-state index contributed by atoms with van der Waals surface area (Å²) in [6.45, 7) is 0. The zero-order chi connectivity index (χ0) is 22.6. The van der Waals surface area contributed by atoms with Crippen LogP contribution in [-0.2, 0) is 4.79 Å². The van der Waals surface area contributed by atoms with E-state index in [2.05, 4.69) is 5.32 Å². The number of hydrogen-bond acceptors (Lipinski definition) is 3. The minimum atomic E-state index is -0.453. The van der Waals surface area contributed by atoms with Gasteiger partial charge in [0.2, 0.25) is 5.91 Å². The molecule has 1 amide bonds. The summed E-state index contributed by atoms with van der Waals surface area (Å²) >= 11 is 0. The first-order chi connectivity index (χ1) is 16.2. The Bertz CT molecular complexity index is 1340. The summed E-state index contributed by atoms with van der Waals surface area (Å²) in [4.78, 5) is 18.6. The first-order valence-electron chi connectivity index (χ1n) is 10.8. The van der Waals surface area contributed by atoms with Crippen molar-refractivity contribution in [2.45, 2.75) is 5.92 Å². The summed E-state index contributed by atoms with van der Waals surface area (Å²) in [6, 6.07) is 33.1. The average molecular weight is 434 g/mol. The Balaban J connectivity index is 1.59. The van der Waals surface area contributed by atoms with Crippen molar-refractivity contribution < 1.29 is 9.53 Å². The van der Waals surface area contributed by atoms with Gasteiger partial charge in [-0.15, -0.1) is 0 Å². The fraction of sp³-hybridized carbons (Fsp3) is 0.0714. The van der Waals surface area contributed by atoms with E-state index in [9.17, 15) is 4.79 Å². The summed E-state index contributed by atoms with van der Waals surface area (Å²) in [5.41, 5.74) is 4.22. The van der Waals surface area contributed by atoms with Gasteiger partial charge in [0.1, 0.15) is 22.9 Å². The van der Waals surface area contributed by atoms with Gasteiger partial charge < -0.3 is 10.1 Å². The summed E-state index contributed by atoms with van der Waals surface area (Å²) in [7, 11) is 1.64. The van der Waals surface area contributed by atoms with Crippen LogP contribution in [0.25, 0.3) is 16.9 Å². The number of fused-ring (bicyclic) bond motifs is 1. The molecule has 0 spiro atoms. The van der Waals surface area contributed by atoms with Crippen LogP contribution in [0.5, 0.6) is 5.75 Å². The van der Waals surface area contributed by atoms with Crippen molar-refractivity contribution in [1.82, 2.24) is 9.38 Å². The number of carbonyl (C=O) groups excluding carboxylic acids is 1. The monoisotopic (exact) mass is 433 g/mol. The highest BCUT2D eigenvalue weighted by Crippen LogP contribution is 2.32. The number of imidazole rings is 1. The maximum absolute atomic E-state index is 13.8. The van der Waals surface area contributed by atoms with E-state index in [0.29, 0.717) is 11.5 Å². The molecule has 0 radical (unpaired) electrons. The topological polar surface area (TPSA) is 55.6 Å². The van der Waals surface area contributed by atoms with E-state index in [4.69, 9.17) is 9.72 Å². The zero-order valence-corrected chi connectivity index (χ0v) is 18.2. The van der Waals surface area contributed by atoms with Crippen molar-refractivity contribution in [1.29, 1.82) is 0 Å². The van der Waals surface area contributed by atoms with Gasteiger partial charge in [-0.25, -0.2) is 4.98 Å². The van der Waals surface area contributed by atoms with Gasteiger partial charge in [-0.3, -0.25) is 9.20 Å². The van der Waals surface area contributed by atoms with E-state index in [1.165, 1.54) is 0 Å². The third-order valence-electron chi connectivity index (χ3n) is 5.66. The molecule has 2 heterocycles. The van der Waals surface area contributed by atoms with E-state index >= 15 is 0 Å². The van der Waals surface area contributed by atoms with Gasteiger partial charge in [0.15, 0.2) is 0 Å². The molecule has 0 atom stereocenters. The molecule has 0 aliphatic heterocycles. The Morgan fingerprint density at radius 2 is 1.42 bits per heavy atom. The van der Waals surface area contributed by atoms with Crippen LogP contribution in [0.3, 0.4) is 0 Å². The maximum Gasteiger partial charge on any atom is 0.237 e. The predicted molar refractivity (Wildman–Crippen MR) is 131 cm³/mol. The SMILES string of the molecule is COc1ccc(-c2nc3ccccn3c2NC(=O)C(c2ccccc2)c2ccccc2)cc1. The Hall–Kier alpha value is -4.38. The third-order valence-corrected chi connectivity index (χ3v) is 5.66. The number of nitrogens with one attached hydrogen (secondary N) is 1. The second kappa shape index (κ2) is 9.01. The molecule has 2 aromatic heterocycles. The summed E-state index contributed by atoms with van der Waals surface area (Å²) in [5, 5.41) is 3.19. The lowest BCUT2D eigenvalue weighted by atomic mass is 9.90. The molecular formula is C28H23N3O2. The quantitative estimate of drug-likeness (QED) is 0.369. The second-order valence-corrected chi connectivity index (χ2v) is 7.71. The Morgan fingerprint density at radius 3 is 2.03 bits per heavy atom. The number of amides is 1. The van der Waals surface area contributed by atoms with Gasteiger partial charge in [0.25, 0.3) is 0 Å². The molecule has 1 N–H and O–H groups in total. The Labute approximate surface area is 192 Å². The van der Waals surface area contributed by atoms with Gasteiger partial charge >= 0.3 is 0 Å². The van der Waals surface area contributed by atoms with Gasteiger partial charge in [-0.2, -0.15) is 0 Å². The highest BCUT2D eigenvalue weighted by Gasteiger charge is 2.25. The van der Waals surface area contributed by atoms with E-state index in [0.717, 1.165) is 28.1 Å². The summed E-state index contributed by atoms with van der Waals surface area (Å²) in [6.07, 6.45) is 1.91. The lowest BCUT2D eigenvalue weighted by molar-refractivity contribution is -0.116. The largest absolute Gasteiger partial charge is 0.497 e. The van der Waals surface area contributed by atoms with Gasteiger partial charge in [0, 0.05) is 11.8 Å². The van der Waals surface area contributed by atoms with Gasteiger partial charge in [0.05, 0.1) is 13.0 Å². The van der Waals surface area contributed by atoms with Crippen molar-refractivity contribution in [3.05, 3.63) is 120 Å². The van der Waals surface area contributed by atoms with Crippen LogP contribution in [0.15, 0.2) is 109 Å². The van der Waals surface area contributed by atoms with Gasteiger partial charge in [-0.1, -0.05) is 66.7 Å². The predicted octanol–water partition coefficient (Wildman–Crippen LogP) is 5.78. The van der Waals surface area contributed by atoms with Crippen molar-refractivity contribution >= 4 is 17.4 Å². The standard InChI is InChI=1S/C28H23N3O2/c1-33-23-17-15-22(16-18-23)26-27(31-19-9-8-14-24(31)29-26)30-28(32)25(20-10-4-2-5-11-20)21-12-6-3-7-13-21/h2-19,25H,1H3,(H,30,32). The molecule has 0 saturated carbocycles. The lowest BCUT2D eigenvalue weighted by Gasteiger charge is -2.18. The first kappa shape index (κ1) is 20.5. The van der Waals surface area contributed by atoms with Crippen molar-refractivity contribution in [3.8, 4) is 17.0 Å². The number of aromatic nitrogens is 2. The van der Waals surface area contributed by atoms with E-state index < -0.39 is 5.92 Å². The molecule has 0 aliphatic rings. The molecular weight excluding hydrogens is 410 g/mol. The van der Waals surface area contributed by atoms with Crippen molar-refractivity contribution in [2.75, 3.05) is 12.4 Å². The maximum atomic E-state index is 13.8. The number of anilines is 1. The summed E-state index contributed by atoms with van der Waals surface area (Å²) in [5.74, 6) is 0.831. The number of pyridine rings is 1. The number of methoxy groups -OCH3 is 1. The molecule has 5 heteroatoms. The van der Waals surface area contributed by atoms with Crippen LogP contribution >= 0.6 is 0 Å². The van der Waals surface area contributed by atoms with Crippen LogP contribution in [0.2, 0.25) is 0 Å². The van der Waals surface area contributed by atoms with E-state index in [1.54, 1.807) is 7.11 Å². The van der Waals surface area contributed by atoms with Gasteiger partial charge in [-0.05, 0) is 47.5 Å². The minimum Gasteiger partial charge on any atom is -0.497 e. The lowest BCUT2D eigenvalue weighted by Crippen LogP contribution is -2.23. The van der Waals surface area contributed by atoms with Crippen LogP contribution < -0.4 is 10.1 Å². The molecule has 0 bridgehead atoms. The zero-order valence-electron chi connectivity index (χ0n) is 18.2. The second-order valence-electron chi connectivity index (χ2n) is 7.71. The average Bonchev–Trinajstić information content (AvgIpc) is 3.24. The Kier molecular flexibility index (Phi) is 5.60. The molecule has 3 aromatic carbocycles. The molecule has 0 unspecified atom stereocenters. The number of nitrogens with zero attached hydrogens (tertiary/aromatic N) is 2. The van der Waals surface area contributed by atoms with Crippen molar-refractivity contribution in [2.24, 2.45) is 0 Å². The Morgan fingerprint density at radius 1 is 0.818 bits per heavy atom. The molecule has 33 heavy (non-hydrogen) atoms. The number of carbonyl (C=O) groups is 1. The third kappa shape index (κ3) is 4.08. The number of hydrogen-bond donors (Lipinski definition) is 1. The fourth-order valence-electron chi connectivity index (χ4n) is 4.04. The van der Waals surface area contributed by atoms with Crippen LogP contribution in [0, 0.1) is 0 Å². The minimum absolute atomic E-state index is 0.118. The molecule has 0 saturated heterocycles. The smallest absolute Gasteiger partial charge is 0.237 e. The molecule has 5 rings (SSSR count). The highest BCUT2D eigenvalue weighted by molar-refractivity contribution is 6.00. The molecule has 162 valence electrons. The molecule has 5 nitrogen and oxygen atoms in total. The number of ether oxygens (including phenoxy) is 1. The molecule has 0 fully saturated rings. The van der Waals surface area contributed by atoms with E-state index in [1.807, 2.05) is 114 Å². The van der Waals surface area contributed by atoms with Crippen molar-refractivity contribution in [3.63, 3.8) is 0 Å². The van der Waals surface area contributed by atoms with Crippen LogP contribution in [0.4, 0.5) is 5.82 Å². The fourth-order valence-corrected chi connectivity index (χ4v) is 4.04. The highest BCUT2D eigenvalue weighted by atomic mass is 16.5. The van der Waals surface area contributed by atoms with Crippen LogP contribution in [-0.4, -0.2) is 22.4 Å².